The van der Waals surface area contributed by atoms with Crippen molar-refractivity contribution in [3.8, 4) is 11.1 Å². The molecule has 0 bridgehead atoms. The molecule has 3 aromatic rings. The first-order valence-corrected chi connectivity index (χ1v) is 14.7. The van der Waals surface area contributed by atoms with Crippen LogP contribution in [0.2, 0.25) is 5.02 Å². The minimum Gasteiger partial charge on any atom is -0.478 e. The van der Waals surface area contributed by atoms with Gasteiger partial charge in [-0.25, -0.2) is 9.18 Å². The van der Waals surface area contributed by atoms with Crippen molar-refractivity contribution in [2.75, 3.05) is 55.6 Å². The summed E-state index contributed by atoms with van der Waals surface area (Å²) >= 11 is 6.48. The molecule has 1 aromatic heterocycles. The summed E-state index contributed by atoms with van der Waals surface area (Å²) in [5.74, 6) is -0.470. The molecule has 2 aliphatic rings. The Labute approximate surface area is 253 Å². The predicted molar refractivity (Wildman–Crippen MR) is 167 cm³/mol. The molecule has 10 heteroatoms. The number of carbonyl (C=O) groups is 1. The summed E-state index contributed by atoms with van der Waals surface area (Å²) in [6.45, 7) is 12.7. The minimum absolute atomic E-state index is 0. The summed E-state index contributed by atoms with van der Waals surface area (Å²) in [5.41, 5.74) is 4.52. The van der Waals surface area contributed by atoms with Crippen molar-refractivity contribution in [2.45, 2.75) is 45.8 Å². The summed E-state index contributed by atoms with van der Waals surface area (Å²) in [4.78, 5) is 18.9. The maximum Gasteiger partial charge on any atom is 0.339 e. The van der Waals surface area contributed by atoms with E-state index in [-0.39, 0.29) is 29.7 Å². The fourth-order valence-electron chi connectivity index (χ4n) is 6.16. The highest BCUT2D eigenvalue weighted by atomic mass is 35.5. The van der Waals surface area contributed by atoms with Gasteiger partial charge in [-0.3, -0.25) is 9.58 Å². The van der Waals surface area contributed by atoms with Crippen LogP contribution in [0, 0.1) is 5.92 Å². The van der Waals surface area contributed by atoms with Gasteiger partial charge in [0.15, 0.2) is 0 Å². The van der Waals surface area contributed by atoms with Crippen LogP contribution in [0.5, 0.6) is 0 Å². The SMILES string of the molecule is CC(C)CN1CCN(c2ccc(-c3ccc(Cl)cc3N3CCC[C@@H](n4ncc(C(=O)O)c4C(C)F)C3)cc2)CC1.Cl. The smallest absolute Gasteiger partial charge is 0.339 e. The van der Waals surface area contributed by atoms with Crippen LogP contribution < -0.4 is 9.80 Å². The molecular formula is C31H40Cl2FN5O2. The van der Waals surface area contributed by atoms with E-state index in [9.17, 15) is 14.3 Å². The summed E-state index contributed by atoms with van der Waals surface area (Å²) in [7, 11) is 0. The van der Waals surface area contributed by atoms with Crippen LogP contribution in [0.15, 0.2) is 48.7 Å². The third kappa shape index (κ3) is 6.99. The van der Waals surface area contributed by atoms with Gasteiger partial charge in [0.05, 0.1) is 17.9 Å². The third-order valence-electron chi connectivity index (χ3n) is 8.02. The second kappa shape index (κ2) is 13.4. The molecular weight excluding hydrogens is 564 g/mol. The van der Waals surface area contributed by atoms with Crippen molar-refractivity contribution < 1.29 is 14.3 Å². The zero-order valence-electron chi connectivity index (χ0n) is 24.0. The summed E-state index contributed by atoms with van der Waals surface area (Å²) in [6.07, 6.45) is 1.51. The second-order valence-corrected chi connectivity index (χ2v) is 11.9. The molecule has 0 saturated carbocycles. The molecule has 5 rings (SSSR count). The molecule has 0 spiro atoms. The highest BCUT2D eigenvalue weighted by Gasteiger charge is 2.30. The molecule has 41 heavy (non-hydrogen) atoms. The molecule has 0 amide bonds. The molecule has 0 aliphatic carbocycles. The fourth-order valence-corrected chi connectivity index (χ4v) is 6.33. The standard InChI is InChI=1S/C31H39ClFN5O2.ClH/c1-21(2)19-35-13-15-36(16-14-35)25-9-6-23(7-10-25)27-11-8-24(32)17-29(27)37-12-4-5-26(20-37)38-30(22(3)33)28(18-34-38)31(39)40;/h6-11,17-18,21-22,26H,4-5,12-16,19-20H2,1-3H3,(H,39,40);1H/t22?,26-;/m1./s1. The van der Waals surface area contributed by atoms with E-state index in [0.29, 0.717) is 17.5 Å². The lowest BCUT2D eigenvalue weighted by atomic mass is 9.99. The van der Waals surface area contributed by atoms with Crippen LogP contribution in [-0.2, 0) is 0 Å². The van der Waals surface area contributed by atoms with E-state index in [2.05, 4.69) is 64.0 Å². The van der Waals surface area contributed by atoms with Gasteiger partial charge in [-0.1, -0.05) is 43.6 Å². The molecule has 2 atom stereocenters. The number of piperazine rings is 1. The van der Waals surface area contributed by atoms with Gasteiger partial charge < -0.3 is 14.9 Å². The number of halogens is 3. The number of hydrogen-bond donors (Lipinski definition) is 1. The van der Waals surface area contributed by atoms with Crippen molar-refractivity contribution >= 4 is 41.4 Å². The number of nitrogens with zero attached hydrogens (tertiary/aromatic N) is 5. The number of carboxylic acids is 1. The van der Waals surface area contributed by atoms with Crippen LogP contribution in [0.25, 0.3) is 11.1 Å². The average molecular weight is 605 g/mol. The highest BCUT2D eigenvalue weighted by Crippen LogP contribution is 2.38. The Morgan fingerprint density at radius 2 is 1.76 bits per heavy atom. The number of rotatable bonds is 8. The molecule has 1 unspecified atom stereocenters. The lowest BCUT2D eigenvalue weighted by Gasteiger charge is -2.37. The Kier molecular flexibility index (Phi) is 10.2. The van der Waals surface area contributed by atoms with E-state index in [1.807, 2.05) is 12.1 Å². The first-order chi connectivity index (χ1) is 19.2. The zero-order chi connectivity index (χ0) is 28.4. The van der Waals surface area contributed by atoms with Gasteiger partial charge in [-0.05, 0) is 55.5 Å². The molecule has 2 saturated heterocycles. The van der Waals surface area contributed by atoms with E-state index in [4.69, 9.17) is 11.6 Å². The van der Waals surface area contributed by atoms with E-state index < -0.39 is 12.1 Å². The Morgan fingerprint density at radius 1 is 1.05 bits per heavy atom. The molecule has 0 radical (unpaired) electrons. The zero-order valence-corrected chi connectivity index (χ0v) is 25.5. The van der Waals surface area contributed by atoms with E-state index in [1.165, 1.54) is 18.8 Å². The Balaban J connectivity index is 0.00000387. The number of anilines is 2. The number of carboxylic acid groups (broad SMARTS) is 1. The number of hydrogen-bond acceptors (Lipinski definition) is 5. The van der Waals surface area contributed by atoms with Gasteiger partial charge in [0.1, 0.15) is 11.7 Å². The average Bonchev–Trinajstić information content (AvgIpc) is 3.40. The second-order valence-electron chi connectivity index (χ2n) is 11.4. The minimum atomic E-state index is -1.43. The predicted octanol–water partition coefficient (Wildman–Crippen LogP) is 6.97. The topological polar surface area (TPSA) is 64.8 Å². The maximum atomic E-state index is 14.5. The van der Waals surface area contributed by atoms with Crippen molar-refractivity contribution in [2.24, 2.45) is 5.92 Å². The first kappa shape index (κ1) is 31.1. The summed E-state index contributed by atoms with van der Waals surface area (Å²) in [6, 6.07) is 14.6. The van der Waals surface area contributed by atoms with Gasteiger partial charge in [0.2, 0.25) is 0 Å². The summed E-state index contributed by atoms with van der Waals surface area (Å²) in [5, 5.41) is 14.5. The summed E-state index contributed by atoms with van der Waals surface area (Å²) < 4.78 is 16.1. The van der Waals surface area contributed by atoms with Crippen LogP contribution in [0.4, 0.5) is 15.8 Å². The van der Waals surface area contributed by atoms with Gasteiger partial charge >= 0.3 is 5.97 Å². The molecule has 2 aliphatic heterocycles. The molecule has 2 fully saturated rings. The van der Waals surface area contributed by atoms with E-state index in [0.717, 1.165) is 68.9 Å². The molecule has 7 nitrogen and oxygen atoms in total. The molecule has 222 valence electrons. The van der Waals surface area contributed by atoms with Crippen molar-refractivity contribution in [3.05, 3.63) is 64.9 Å². The van der Waals surface area contributed by atoms with Gasteiger partial charge in [0.25, 0.3) is 0 Å². The quantitative estimate of drug-likeness (QED) is 0.300. The van der Waals surface area contributed by atoms with Crippen LogP contribution in [0.1, 0.15) is 61.9 Å². The van der Waals surface area contributed by atoms with E-state index in [1.54, 1.807) is 4.68 Å². The Bertz CT molecular complexity index is 1320. The van der Waals surface area contributed by atoms with Crippen LogP contribution in [0.3, 0.4) is 0 Å². The Hall–Kier alpha value is -2.81. The van der Waals surface area contributed by atoms with Gasteiger partial charge in [0, 0.05) is 67.8 Å². The van der Waals surface area contributed by atoms with Crippen molar-refractivity contribution in [1.82, 2.24) is 14.7 Å². The number of piperidine rings is 1. The van der Waals surface area contributed by atoms with Gasteiger partial charge in [-0.2, -0.15) is 5.10 Å². The highest BCUT2D eigenvalue weighted by molar-refractivity contribution is 6.31. The lowest BCUT2D eigenvalue weighted by molar-refractivity contribution is 0.0693. The van der Waals surface area contributed by atoms with Gasteiger partial charge in [-0.15, -0.1) is 12.4 Å². The van der Waals surface area contributed by atoms with Crippen LogP contribution in [-0.4, -0.2) is 71.6 Å². The number of benzene rings is 2. The van der Waals surface area contributed by atoms with Crippen molar-refractivity contribution in [3.63, 3.8) is 0 Å². The molecule has 3 heterocycles. The normalized spacial score (nSPS) is 18.8. The number of aromatic carboxylic acids is 1. The fraction of sp³-hybridized carbons (Fsp3) is 0.484. The Morgan fingerprint density at radius 3 is 2.39 bits per heavy atom. The first-order valence-electron chi connectivity index (χ1n) is 14.3. The monoisotopic (exact) mass is 603 g/mol. The number of aromatic nitrogens is 2. The lowest BCUT2D eigenvalue weighted by Crippen LogP contribution is -2.47. The van der Waals surface area contributed by atoms with E-state index >= 15 is 0 Å². The maximum absolute atomic E-state index is 14.5. The third-order valence-corrected chi connectivity index (χ3v) is 8.26. The van der Waals surface area contributed by atoms with Crippen LogP contribution >= 0.6 is 24.0 Å². The largest absolute Gasteiger partial charge is 0.478 e. The molecule has 1 N–H and O–H groups in total. The number of alkyl halides is 1. The van der Waals surface area contributed by atoms with Crippen molar-refractivity contribution in [1.29, 1.82) is 0 Å². The molecule has 2 aromatic carbocycles.